The molecule has 0 radical (unpaired) electrons. The molecule has 6 heteroatoms. The second-order valence-corrected chi connectivity index (χ2v) is 7.79. The smallest absolute Gasteiger partial charge is 0.282 e. The number of benzene rings is 3. The van der Waals surface area contributed by atoms with Gasteiger partial charge in [-0.15, -0.1) is 0 Å². The highest BCUT2D eigenvalue weighted by Crippen LogP contribution is 2.25. The third kappa shape index (κ3) is 4.98. The van der Waals surface area contributed by atoms with Crippen molar-refractivity contribution >= 4 is 11.6 Å². The van der Waals surface area contributed by atoms with E-state index in [0.717, 1.165) is 23.2 Å². The Hall–Kier alpha value is -3.51. The van der Waals surface area contributed by atoms with Crippen LogP contribution in [0.1, 0.15) is 34.3 Å². The third-order valence-electron chi connectivity index (χ3n) is 5.67. The second kappa shape index (κ2) is 9.53. The van der Waals surface area contributed by atoms with Crippen LogP contribution in [0.4, 0.5) is 5.69 Å². The molecule has 31 heavy (non-hydrogen) atoms. The average Bonchev–Trinajstić information content (AvgIpc) is 3.31. The summed E-state index contributed by atoms with van der Waals surface area (Å²) in [6, 6.07) is 22.4. The fraction of sp³-hybridized carbons (Fsp3) is 0.240. The standard InChI is InChI=1S/C25H25N3O3/c29-25(23-9-3-4-10-24(23)28(30)31)26-17-21-7-1-2-8-22(21)20-13-11-19(12-14-20)18-27-15-5-6-16-27/h1-4,7-14H,5-6,15-18H2,(H,26,29). The van der Waals surface area contributed by atoms with Crippen LogP contribution in [0.2, 0.25) is 0 Å². The van der Waals surface area contributed by atoms with Gasteiger partial charge in [-0.1, -0.05) is 60.7 Å². The monoisotopic (exact) mass is 415 g/mol. The van der Waals surface area contributed by atoms with E-state index in [1.165, 1.54) is 43.6 Å². The van der Waals surface area contributed by atoms with Crippen molar-refractivity contribution < 1.29 is 9.72 Å². The van der Waals surface area contributed by atoms with Crippen LogP contribution in [0.3, 0.4) is 0 Å². The molecular weight excluding hydrogens is 390 g/mol. The maximum atomic E-state index is 12.6. The Kier molecular flexibility index (Phi) is 6.38. The van der Waals surface area contributed by atoms with Crippen LogP contribution in [0, 0.1) is 10.1 Å². The van der Waals surface area contributed by atoms with Gasteiger partial charge in [0.1, 0.15) is 5.56 Å². The fourth-order valence-electron chi connectivity index (χ4n) is 4.04. The Bertz CT molecular complexity index is 1070. The van der Waals surface area contributed by atoms with Gasteiger partial charge in [0.15, 0.2) is 0 Å². The first-order valence-corrected chi connectivity index (χ1v) is 10.5. The lowest BCUT2D eigenvalue weighted by Gasteiger charge is -2.15. The van der Waals surface area contributed by atoms with Crippen LogP contribution in [0.25, 0.3) is 11.1 Å². The molecule has 0 aliphatic carbocycles. The van der Waals surface area contributed by atoms with Crippen LogP contribution in [0.15, 0.2) is 72.8 Å². The van der Waals surface area contributed by atoms with Gasteiger partial charge in [-0.3, -0.25) is 19.8 Å². The van der Waals surface area contributed by atoms with Crippen molar-refractivity contribution in [3.05, 3.63) is 99.6 Å². The van der Waals surface area contributed by atoms with Crippen LogP contribution in [0.5, 0.6) is 0 Å². The Labute approximate surface area is 181 Å². The number of nitrogens with one attached hydrogen (secondary N) is 1. The van der Waals surface area contributed by atoms with Crippen molar-refractivity contribution in [1.29, 1.82) is 0 Å². The molecule has 0 unspecified atom stereocenters. The molecule has 1 saturated heterocycles. The first kappa shape index (κ1) is 20.8. The Morgan fingerprint density at radius 2 is 1.61 bits per heavy atom. The lowest BCUT2D eigenvalue weighted by atomic mass is 9.98. The molecule has 0 saturated carbocycles. The largest absolute Gasteiger partial charge is 0.348 e. The highest BCUT2D eigenvalue weighted by atomic mass is 16.6. The van der Waals surface area contributed by atoms with Crippen LogP contribution >= 0.6 is 0 Å². The molecule has 1 aliphatic rings. The van der Waals surface area contributed by atoms with Gasteiger partial charge in [0.05, 0.1) is 4.92 Å². The predicted molar refractivity (Wildman–Crippen MR) is 121 cm³/mol. The molecule has 0 atom stereocenters. The minimum absolute atomic E-state index is 0.0660. The van der Waals surface area contributed by atoms with Crippen molar-refractivity contribution in [1.82, 2.24) is 10.2 Å². The lowest BCUT2D eigenvalue weighted by Crippen LogP contribution is -2.24. The van der Waals surface area contributed by atoms with Gasteiger partial charge in [0.25, 0.3) is 11.6 Å². The molecule has 3 aromatic rings. The SMILES string of the molecule is O=C(NCc1ccccc1-c1ccc(CN2CCCC2)cc1)c1ccccc1[N+](=O)[O-]. The van der Waals surface area contributed by atoms with E-state index < -0.39 is 10.8 Å². The summed E-state index contributed by atoms with van der Waals surface area (Å²) in [7, 11) is 0. The van der Waals surface area contributed by atoms with E-state index in [0.29, 0.717) is 0 Å². The second-order valence-electron chi connectivity index (χ2n) is 7.79. The molecule has 158 valence electrons. The minimum Gasteiger partial charge on any atom is -0.348 e. The summed E-state index contributed by atoms with van der Waals surface area (Å²) >= 11 is 0. The zero-order valence-corrected chi connectivity index (χ0v) is 17.3. The Balaban J connectivity index is 1.47. The average molecular weight is 415 g/mol. The molecule has 0 bridgehead atoms. The summed E-state index contributed by atoms with van der Waals surface area (Å²) in [5, 5.41) is 14.0. The summed E-state index contributed by atoms with van der Waals surface area (Å²) < 4.78 is 0. The normalized spacial score (nSPS) is 13.8. The van der Waals surface area contributed by atoms with Crippen molar-refractivity contribution in [3.8, 4) is 11.1 Å². The van der Waals surface area contributed by atoms with E-state index in [1.54, 1.807) is 12.1 Å². The molecule has 1 amide bonds. The number of likely N-dealkylation sites (tertiary alicyclic amines) is 1. The van der Waals surface area contributed by atoms with Crippen LogP contribution < -0.4 is 5.32 Å². The molecule has 0 aromatic heterocycles. The number of nitro benzene ring substituents is 1. The van der Waals surface area contributed by atoms with Crippen molar-refractivity contribution in [3.63, 3.8) is 0 Å². The molecule has 1 heterocycles. The van der Waals surface area contributed by atoms with Crippen molar-refractivity contribution in [2.24, 2.45) is 0 Å². The molecule has 1 fully saturated rings. The third-order valence-corrected chi connectivity index (χ3v) is 5.67. The van der Waals surface area contributed by atoms with Gasteiger partial charge in [0, 0.05) is 19.2 Å². The highest BCUT2D eigenvalue weighted by molar-refractivity contribution is 5.98. The number of carbonyl (C=O) groups excluding carboxylic acids is 1. The summed E-state index contributed by atoms with van der Waals surface area (Å²) in [5.41, 5.74) is 4.26. The van der Waals surface area contributed by atoms with Gasteiger partial charge in [0.2, 0.25) is 0 Å². The summed E-state index contributed by atoms with van der Waals surface area (Å²) in [5.74, 6) is -0.455. The van der Waals surface area contributed by atoms with E-state index in [-0.39, 0.29) is 17.8 Å². The van der Waals surface area contributed by atoms with Gasteiger partial charge in [-0.2, -0.15) is 0 Å². The zero-order valence-electron chi connectivity index (χ0n) is 17.3. The van der Waals surface area contributed by atoms with Gasteiger partial charge in [-0.05, 0) is 54.3 Å². The van der Waals surface area contributed by atoms with Crippen molar-refractivity contribution in [2.45, 2.75) is 25.9 Å². The number of hydrogen-bond donors (Lipinski definition) is 1. The number of hydrogen-bond acceptors (Lipinski definition) is 4. The minimum atomic E-state index is -0.535. The van der Waals surface area contributed by atoms with E-state index in [2.05, 4.69) is 34.5 Å². The van der Waals surface area contributed by atoms with Crippen LogP contribution in [-0.2, 0) is 13.1 Å². The summed E-state index contributed by atoms with van der Waals surface area (Å²) in [4.78, 5) is 25.7. The van der Waals surface area contributed by atoms with E-state index in [4.69, 9.17) is 0 Å². The van der Waals surface area contributed by atoms with Gasteiger partial charge < -0.3 is 5.32 Å². The van der Waals surface area contributed by atoms with Crippen molar-refractivity contribution in [2.75, 3.05) is 13.1 Å². The Morgan fingerprint density at radius 3 is 2.35 bits per heavy atom. The molecule has 4 rings (SSSR count). The van der Waals surface area contributed by atoms with E-state index in [1.807, 2.05) is 24.3 Å². The molecule has 0 spiro atoms. The molecule has 1 aliphatic heterocycles. The number of rotatable bonds is 7. The first-order chi connectivity index (χ1) is 15.1. The van der Waals surface area contributed by atoms with Gasteiger partial charge in [-0.25, -0.2) is 0 Å². The van der Waals surface area contributed by atoms with E-state index in [9.17, 15) is 14.9 Å². The number of amides is 1. The molecular formula is C25H25N3O3. The number of nitro groups is 1. The summed E-state index contributed by atoms with van der Waals surface area (Å²) in [6.07, 6.45) is 2.56. The lowest BCUT2D eigenvalue weighted by molar-refractivity contribution is -0.385. The Morgan fingerprint density at radius 1 is 0.935 bits per heavy atom. The molecule has 3 aromatic carbocycles. The van der Waals surface area contributed by atoms with Crippen LogP contribution in [-0.4, -0.2) is 28.8 Å². The van der Waals surface area contributed by atoms with E-state index >= 15 is 0 Å². The van der Waals surface area contributed by atoms with Gasteiger partial charge >= 0.3 is 0 Å². The topological polar surface area (TPSA) is 75.5 Å². The number of para-hydroxylation sites is 1. The highest BCUT2D eigenvalue weighted by Gasteiger charge is 2.19. The number of carbonyl (C=O) groups is 1. The zero-order chi connectivity index (χ0) is 21.6. The summed E-state index contributed by atoms with van der Waals surface area (Å²) in [6.45, 7) is 3.61. The fourth-order valence-corrected chi connectivity index (χ4v) is 4.04. The maximum Gasteiger partial charge on any atom is 0.282 e. The molecule has 6 nitrogen and oxygen atoms in total. The first-order valence-electron chi connectivity index (χ1n) is 10.5. The molecule has 1 N–H and O–H groups in total. The maximum absolute atomic E-state index is 12.6. The predicted octanol–water partition coefficient (Wildman–Crippen LogP) is 4.79. The number of nitrogens with zero attached hydrogens (tertiary/aromatic N) is 2. The quantitative estimate of drug-likeness (QED) is 0.445.